The van der Waals surface area contributed by atoms with Crippen LogP contribution in [0.15, 0.2) is 12.3 Å². The fourth-order valence-electron chi connectivity index (χ4n) is 1.66. The summed E-state index contributed by atoms with van der Waals surface area (Å²) in [5, 5.41) is 3.31. The lowest BCUT2D eigenvalue weighted by atomic mass is 9.79. The Labute approximate surface area is 94.3 Å². The van der Waals surface area contributed by atoms with Gasteiger partial charge >= 0.3 is 0 Å². The SMILES string of the molecule is CC1(Nc2nccc(C(N)=S)n2)CCC1. The Morgan fingerprint density at radius 1 is 1.60 bits per heavy atom. The molecule has 2 rings (SSSR count). The van der Waals surface area contributed by atoms with Crippen molar-refractivity contribution in [3.63, 3.8) is 0 Å². The van der Waals surface area contributed by atoms with Crippen molar-refractivity contribution in [1.82, 2.24) is 9.97 Å². The molecule has 0 aliphatic heterocycles. The summed E-state index contributed by atoms with van der Waals surface area (Å²) in [5.74, 6) is 0.613. The minimum atomic E-state index is 0.148. The van der Waals surface area contributed by atoms with Crippen molar-refractivity contribution in [2.24, 2.45) is 5.73 Å². The van der Waals surface area contributed by atoms with E-state index in [1.54, 1.807) is 12.3 Å². The van der Waals surface area contributed by atoms with E-state index in [1.165, 1.54) is 6.42 Å². The molecule has 80 valence electrons. The van der Waals surface area contributed by atoms with Gasteiger partial charge in [0.25, 0.3) is 0 Å². The van der Waals surface area contributed by atoms with Gasteiger partial charge in [-0.15, -0.1) is 0 Å². The highest BCUT2D eigenvalue weighted by atomic mass is 32.1. The van der Waals surface area contributed by atoms with Crippen molar-refractivity contribution in [2.75, 3.05) is 5.32 Å². The van der Waals surface area contributed by atoms with Gasteiger partial charge in [0.15, 0.2) is 0 Å². The summed E-state index contributed by atoms with van der Waals surface area (Å²) < 4.78 is 0. The lowest BCUT2D eigenvalue weighted by Gasteiger charge is -2.39. The molecule has 1 heterocycles. The van der Waals surface area contributed by atoms with Crippen LogP contribution >= 0.6 is 12.2 Å². The second-order valence-electron chi connectivity index (χ2n) is 4.17. The zero-order valence-corrected chi connectivity index (χ0v) is 9.47. The Hall–Kier alpha value is -1.23. The average molecular weight is 222 g/mol. The predicted octanol–water partition coefficient (Wildman–Crippen LogP) is 1.47. The van der Waals surface area contributed by atoms with Gasteiger partial charge in [-0.3, -0.25) is 0 Å². The Balaban J connectivity index is 2.14. The first-order valence-corrected chi connectivity index (χ1v) is 5.41. The lowest BCUT2D eigenvalue weighted by Crippen LogP contribution is -2.42. The first-order valence-electron chi connectivity index (χ1n) is 5.00. The third-order valence-electron chi connectivity index (χ3n) is 2.78. The van der Waals surface area contributed by atoms with Gasteiger partial charge in [0.2, 0.25) is 5.95 Å². The molecule has 3 N–H and O–H groups in total. The van der Waals surface area contributed by atoms with E-state index in [0.29, 0.717) is 16.6 Å². The first kappa shape index (κ1) is 10.3. The maximum atomic E-state index is 5.51. The summed E-state index contributed by atoms with van der Waals surface area (Å²) in [5.41, 5.74) is 6.27. The van der Waals surface area contributed by atoms with Crippen LogP contribution in [0.3, 0.4) is 0 Å². The topological polar surface area (TPSA) is 63.8 Å². The van der Waals surface area contributed by atoms with Crippen LogP contribution in [-0.2, 0) is 0 Å². The van der Waals surface area contributed by atoms with E-state index in [0.717, 1.165) is 12.8 Å². The number of aromatic nitrogens is 2. The van der Waals surface area contributed by atoms with E-state index in [9.17, 15) is 0 Å². The van der Waals surface area contributed by atoms with Crippen LogP contribution in [-0.4, -0.2) is 20.5 Å². The molecule has 4 nitrogen and oxygen atoms in total. The molecule has 1 aliphatic rings. The molecule has 5 heteroatoms. The molecule has 0 unspecified atom stereocenters. The predicted molar refractivity (Wildman–Crippen MR) is 63.8 cm³/mol. The maximum absolute atomic E-state index is 5.51. The van der Waals surface area contributed by atoms with Gasteiger partial charge in [0, 0.05) is 11.7 Å². The highest BCUT2D eigenvalue weighted by molar-refractivity contribution is 7.80. The highest BCUT2D eigenvalue weighted by Gasteiger charge is 2.32. The van der Waals surface area contributed by atoms with Crippen LogP contribution in [0.4, 0.5) is 5.95 Å². The summed E-state index contributed by atoms with van der Waals surface area (Å²) in [4.78, 5) is 8.71. The van der Waals surface area contributed by atoms with Crippen molar-refractivity contribution in [2.45, 2.75) is 31.7 Å². The molecule has 0 spiro atoms. The number of thiocarbonyl (C=S) groups is 1. The van der Waals surface area contributed by atoms with Gasteiger partial charge in [-0.2, -0.15) is 0 Å². The van der Waals surface area contributed by atoms with Crippen molar-refractivity contribution in [3.05, 3.63) is 18.0 Å². The van der Waals surface area contributed by atoms with Crippen LogP contribution in [0.25, 0.3) is 0 Å². The molecule has 0 amide bonds. The molecule has 0 aromatic carbocycles. The molecule has 1 aromatic heterocycles. The van der Waals surface area contributed by atoms with Crippen LogP contribution in [0.5, 0.6) is 0 Å². The summed E-state index contributed by atoms with van der Waals surface area (Å²) >= 11 is 4.87. The molecular weight excluding hydrogens is 208 g/mol. The van der Waals surface area contributed by atoms with Gasteiger partial charge < -0.3 is 11.1 Å². The molecule has 0 radical (unpaired) electrons. The molecule has 1 aliphatic carbocycles. The third-order valence-corrected chi connectivity index (χ3v) is 2.99. The molecule has 15 heavy (non-hydrogen) atoms. The van der Waals surface area contributed by atoms with Crippen LogP contribution in [0.2, 0.25) is 0 Å². The number of hydrogen-bond donors (Lipinski definition) is 2. The summed E-state index contributed by atoms with van der Waals surface area (Å²) in [7, 11) is 0. The number of rotatable bonds is 3. The van der Waals surface area contributed by atoms with E-state index in [-0.39, 0.29) is 5.54 Å². The third kappa shape index (κ3) is 2.23. The second kappa shape index (κ2) is 3.73. The largest absolute Gasteiger partial charge is 0.388 e. The fraction of sp³-hybridized carbons (Fsp3) is 0.500. The van der Waals surface area contributed by atoms with E-state index >= 15 is 0 Å². The van der Waals surface area contributed by atoms with Gasteiger partial charge in [-0.25, -0.2) is 9.97 Å². The van der Waals surface area contributed by atoms with Gasteiger partial charge in [0.05, 0.1) is 0 Å². The van der Waals surface area contributed by atoms with Crippen LogP contribution in [0, 0.1) is 0 Å². The minimum Gasteiger partial charge on any atom is -0.388 e. The summed E-state index contributed by atoms with van der Waals surface area (Å²) in [6, 6.07) is 1.72. The minimum absolute atomic E-state index is 0.148. The van der Waals surface area contributed by atoms with Crippen molar-refractivity contribution < 1.29 is 0 Å². The number of nitrogens with two attached hydrogens (primary N) is 1. The monoisotopic (exact) mass is 222 g/mol. The molecule has 1 saturated carbocycles. The number of nitrogens with zero attached hydrogens (tertiary/aromatic N) is 2. The average Bonchev–Trinajstić information content (AvgIpc) is 2.16. The van der Waals surface area contributed by atoms with E-state index in [2.05, 4.69) is 22.2 Å². The molecule has 1 fully saturated rings. The van der Waals surface area contributed by atoms with Crippen molar-refractivity contribution in [3.8, 4) is 0 Å². The smallest absolute Gasteiger partial charge is 0.223 e. The zero-order chi connectivity index (χ0) is 10.9. The Morgan fingerprint density at radius 2 is 2.33 bits per heavy atom. The normalized spacial score (nSPS) is 17.9. The van der Waals surface area contributed by atoms with Crippen molar-refractivity contribution >= 4 is 23.2 Å². The molecule has 0 atom stereocenters. The zero-order valence-electron chi connectivity index (χ0n) is 8.66. The lowest BCUT2D eigenvalue weighted by molar-refractivity contribution is 0.304. The highest BCUT2D eigenvalue weighted by Crippen LogP contribution is 2.33. The molecule has 1 aromatic rings. The maximum Gasteiger partial charge on any atom is 0.223 e. The first-order chi connectivity index (χ1) is 7.09. The molecule has 0 saturated heterocycles. The van der Waals surface area contributed by atoms with Gasteiger partial charge in [-0.05, 0) is 32.3 Å². The van der Waals surface area contributed by atoms with Crippen LogP contribution < -0.4 is 11.1 Å². The standard InChI is InChI=1S/C10H14N4S/c1-10(4-2-5-10)14-9-12-6-3-7(13-9)8(11)15/h3,6H,2,4-5H2,1H3,(H2,11,15)(H,12,13,14). The summed E-state index contributed by atoms with van der Waals surface area (Å²) in [6.45, 7) is 2.17. The van der Waals surface area contributed by atoms with Crippen molar-refractivity contribution in [1.29, 1.82) is 0 Å². The van der Waals surface area contributed by atoms with E-state index in [1.807, 2.05) is 0 Å². The molecule has 0 bridgehead atoms. The fourth-order valence-corrected chi connectivity index (χ4v) is 1.77. The van der Waals surface area contributed by atoms with Gasteiger partial charge in [-0.1, -0.05) is 12.2 Å². The van der Waals surface area contributed by atoms with E-state index in [4.69, 9.17) is 18.0 Å². The Kier molecular flexibility index (Phi) is 2.56. The quantitative estimate of drug-likeness (QED) is 0.758. The second-order valence-corrected chi connectivity index (χ2v) is 4.61. The van der Waals surface area contributed by atoms with Crippen LogP contribution in [0.1, 0.15) is 31.9 Å². The van der Waals surface area contributed by atoms with E-state index < -0.39 is 0 Å². The Bertz CT molecular complexity index is 387. The number of nitrogens with one attached hydrogen (secondary N) is 1. The number of hydrogen-bond acceptors (Lipinski definition) is 4. The molecular formula is C10H14N4S. The van der Waals surface area contributed by atoms with Gasteiger partial charge in [0.1, 0.15) is 10.7 Å². The number of anilines is 1. The Morgan fingerprint density at radius 3 is 2.87 bits per heavy atom. The summed E-state index contributed by atoms with van der Waals surface area (Å²) in [6.07, 6.45) is 5.26.